The molecular formula is C2H8NO7P. The second-order valence-electron chi connectivity index (χ2n) is 1.43. The van der Waals surface area contributed by atoms with Gasteiger partial charge in [0.1, 0.15) is 6.73 Å². The topological polar surface area (TPSA) is 142 Å². The predicted octanol–water partition coefficient (Wildman–Crippen LogP) is -2.38. The molecule has 6 N–H and O–H groups in total. The molecule has 1 atom stereocenters. The highest BCUT2D eigenvalue weighted by atomic mass is 31.2. The van der Waals surface area contributed by atoms with Crippen LogP contribution in [-0.4, -0.2) is 33.1 Å². The zero-order valence-electron chi connectivity index (χ0n) is 5.25. The molecule has 0 amide bonds. The van der Waals surface area contributed by atoms with Gasteiger partial charge < -0.3 is 25.9 Å². The van der Waals surface area contributed by atoms with Gasteiger partial charge in [-0.1, -0.05) is 0 Å². The Morgan fingerprint density at radius 3 is 2.18 bits per heavy atom. The fraction of sp³-hybridized carbons (Fsp3) is 1.00. The van der Waals surface area contributed by atoms with Crippen LogP contribution in [0.1, 0.15) is 0 Å². The van der Waals surface area contributed by atoms with Crippen molar-refractivity contribution in [1.82, 2.24) is 0 Å². The monoisotopic (exact) mass is 189 g/mol. The van der Waals surface area contributed by atoms with E-state index < -0.39 is 20.7 Å². The molecule has 0 aliphatic carbocycles. The summed E-state index contributed by atoms with van der Waals surface area (Å²) in [6.45, 7) is -0.663. The van der Waals surface area contributed by atoms with E-state index in [0.717, 1.165) is 0 Å². The number of phosphoric ester groups is 1. The van der Waals surface area contributed by atoms with E-state index in [9.17, 15) is 4.57 Å². The summed E-state index contributed by atoms with van der Waals surface area (Å²) >= 11 is 0. The van der Waals surface area contributed by atoms with Crippen LogP contribution in [0.2, 0.25) is 0 Å². The van der Waals surface area contributed by atoms with E-state index >= 15 is 0 Å². The minimum Gasteiger partial charge on any atom is -0.319 e. The summed E-state index contributed by atoms with van der Waals surface area (Å²) in [6.07, 6.45) is -3.71. The summed E-state index contributed by atoms with van der Waals surface area (Å²) in [6, 6.07) is 0. The Balaban J connectivity index is 4.03. The largest absolute Gasteiger partial charge is 0.479 e. The highest BCUT2D eigenvalue weighted by Gasteiger charge is 2.34. The molecule has 9 heteroatoms. The van der Waals surface area contributed by atoms with Crippen LogP contribution in [0, 0.1) is 0 Å². The molecule has 0 aromatic rings. The molecule has 0 saturated carbocycles. The standard InChI is InChI=1S/C2H8NO7P/c3-1-9-11(7,8)10-2(4,5)6/h4-6H,1,3H2,(H,7,8). The lowest BCUT2D eigenvalue weighted by atomic mass is 11.2. The Morgan fingerprint density at radius 2 is 1.91 bits per heavy atom. The minimum atomic E-state index is -4.69. The van der Waals surface area contributed by atoms with Crippen molar-refractivity contribution in [1.29, 1.82) is 0 Å². The molecule has 0 fully saturated rings. The predicted molar refractivity (Wildman–Crippen MR) is 30.4 cm³/mol. The molecule has 0 aromatic carbocycles. The first kappa shape index (κ1) is 11.0. The molecular weight excluding hydrogens is 181 g/mol. The molecule has 0 aliphatic heterocycles. The van der Waals surface area contributed by atoms with Crippen LogP contribution < -0.4 is 5.73 Å². The van der Waals surface area contributed by atoms with Gasteiger partial charge >= 0.3 is 14.0 Å². The van der Waals surface area contributed by atoms with Gasteiger partial charge in [0.05, 0.1) is 0 Å². The van der Waals surface area contributed by atoms with Crippen molar-refractivity contribution in [2.45, 2.75) is 6.16 Å². The normalized spacial score (nSPS) is 17.9. The molecule has 0 bridgehead atoms. The zero-order valence-corrected chi connectivity index (χ0v) is 6.14. The lowest BCUT2D eigenvalue weighted by Crippen LogP contribution is -2.30. The Labute approximate surface area is 61.4 Å². The summed E-state index contributed by atoms with van der Waals surface area (Å²) < 4.78 is 17.5. The van der Waals surface area contributed by atoms with Gasteiger partial charge in [-0.3, -0.25) is 4.52 Å². The van der Waals surface area contributed by atoms with Crippen molar-refractivity contribution >= 4 is 7.82 Å². The Kier molecular flexibility index (Phi) is 3.55. The van der Waals surface area contributed by atoms with E-state index in [1.807, 2.05) is 0 Å². The van der Waals surface area contributed by atoms with Crippen molar-refractivity contribution in [3.8, 4) is 0 Å². The van der Waals surface area contributed by atoms with E-state index in [2.05, 4.69) is 14.8 Å². The maximum absolute atomic E-state index is 10.4. The van der Waals surface area contributed by atoms with E-state index in [0.29, 0.717) is 0 Å². The Morgan fingerprint density at radius 1 is 1.45 bits per heavy atom. The molecule has 0 spiro atoms. The van der Waals surface area contributed by atoms with E-state index in [4.69, 9.17) is 20.2 Å². The molecule has 0 heterocycles. The lowest BCUT2D eigenvalue weighted by molar-refractivity contribution is -0.424. The third-order valence-corrected chi connectivity index (χ3v) is 1.43. The highest BCUT2D eigenvalue weighted by Crippen LogP contribution is 2.44. The van der Waals surface area contributed by atoms with Crippen LogP contribution in [0.15, 0.2) is 0 Å². The van der Waals surface area contributed by atoms with Gasteiger partial charge in [-0.2, -0.15) is 0 Å². The third-order valence-electron chi connectivity index (χ3n) is 0.476. The minimum absolute atomic E-state index is 0.663. The summed E-state index contributed by atoms with van der Waals surface area (Å²) in [5.74, 6) is 0. The smallest absolute Gasteiger partial charge is 0.319 e. The van der Waals surface area contributed by atoms with E-state index in [-0.39, 0.29) is 0 Å². The Hall–Kier alpha value is -0.0500. The number of aliphatic hydroxyl groups is 3. The number of rotatable bonds is 4. The van der Waals surface area contributed by atoms with Gasteiger partial charge in [0.25, 0.3) is 0 Å². The van der Waals surface area contributed by atoms with Gasteiger partial charge in [0, 0.05) is 0 Å². The first-order valence-corrected chi connectivity index (χ1v) is 3.82. The quantitative estimate of drug-likeness (QED) is 0.244. The number of nitrogens with two attached hydrogens (primary N) is 1. The maximum atomic E-state index is 10.4. The second-order valence-corrected chi connectivity index (χ2v) is 2.81. The van der Waals surface area contributed by atoms with Crippen LogP contribution in [0.25, 0.3) is 0 Å². The van der Waals surface area contributed by atoms with Crippen molar-refractivity contribution < 1.29 is 33.8 Å². The fourth-order valence-electron chi connectivity index (χ4n) is 0.275. The number of hydrogen-bond acceptors (Lipinski definition) is 7. The average Bonchev–Trinajstić information content (AvgIpc) is 1.55. The SMILES string of the molecule is NCOP(=O)(O)OC(O)(O)O. The summed E-state index contributed by atoms with van der Waals surface area (Å²) in [5.41, 5.74) is 4.65. The van der Waals surface area contributed by atoms with Crippen molar-refractivity contribution in [2.75, 3.05) is 6.73 Å². The fourth-order valence-corrected chi connectivity index (χ4v) is 0.826. The molecule has 1 unspecified atom stereocenters. The van der Waals surface area contributed by atoms with Gasteiger partial charge in [-0.15, -0.1) is 0 Å². The summed E-state index contributed by atoms with van der Waals surface area (Å²) in [5, 5.41) is 24.0. The molecule has 8 nitrogen and oxygen atoms in total. The molecule has 0 radical (unpaired) electrons. The van der Waals surface area contributed by atoms with Crippen LogP contribution in [0.5, 0.6) is 0 Å². The molecule has 0 rings (SSSR count). The lowest BCUT2D eigenvalue weighted by Gasteiger charge is -2.16. The van der Waals surface area contributed by atoms with Gasteiger partial charge in [-0.05, 0) is 0 Å². The first-order chi connectivity index (χ1) is 4.77. The number of hydrogen-bond donors (Lipinski definition) is 5. The molecule has 0 aromatic heterocycles. The van der Waals surface area contributed by atoms with Crippen molar-refractivity contribution in [2.24, 2.45) is 5.73 Å². The summed E-state index contributed by atoms with van der Waals surface area (Å²) in [4.78, 5) is 8.40. The van der Waals surface area contributed by atoms with Crippen LogP contribution in [0.3, 0.4) is 0 Å². The Bertz CT molecular complexity index is 162. The van der Waals surface area contributed by atoms with Gasteiger partial charge in [0.15, 0.2) is 0 Å². The first-order valence-electron chi connectivity index (χ1n) is 2.32. The zero-order chi connectivity index (χ0) is 9.12. The van der Waals surface area contributed by atoms with Crippen molar-refractivity contribution in [3.63, 3.8) is 0 Å². The molecule has 11 heavy (non-hydrogen) atoms. The van der Waals surface area contributed by atoms with Gasteiger partial charge in [0.2, 0.25) is 0 Å². The van der Waals surface area contributed by atoms with Crippen molar-refractivity contribution in [3.05, 3.63) is 0 Å². The van der Waals surface area contributed by atoms with Crippen LogP contribution in [0.4, 0.5) is 0 Å². The highest BCUT2D eigenvalue weighted by molar-refractivity contribution is 7.47. The van der Waals surface area contributed by atoms with Gasteiger partial charge in [-0.25, -0.2) is 9.09 Å². The number of phosphoric acid groups is 1. The molecule has 0 aliphatic rings. The maximum Gasteiger partial charge on any atom is 0.479 e. The summed E-state index contributed by atoms with van der Waals surface area (Å²) in [7, 11) is -4.69. The molecule has 0 saturated heterocycles. The molecule has 68 valence electrons. The van der Waals surface area contributed by atoms with E-state index in [1.165, 1.54) is 0 Å². The van der Waals surface area contributed by atoms with Crippen LogP contribution in [-0.2, 0) is 13.6 Å². The van der Waals surface area contributed by atoms with E-state index in [1.54, 1.807) is 0 Å². The second kappa shape index (κ2) is 3.57. The third kappa shape index (κ3) is 6.35. The van der Waals surface area contributed by atoms with Crippen LogP contribution >= 0.6 is 7.82 Å². The average molecular weight is 189 g/mol.